The van der Waals surface area contributed by atoms with Crippen molar-refractivity contribution in [2.45, 2.75) is 0 Å². The Morgan fingerprint density at radius 2 is 1.68 bits per heavy atom. The molecule has 0 aliphatic heterocycles. The summed E-state index contributed by atoms with van der Waals surface area (Å²) in [6.07, 6.45) is 3.69. The van der Waals surface area contributed by atoms with E-state index >= 15 is 0 Å². The number of benzene rings is 2. The second-order valence-corrected chi connectivity index (χ2v) is 4.88. The van der Waals surface area contributed by atoms with Gasteiger partial charge in [0.05, 0.1) is 5.56 Å². The molecule has 22 heavy (non-hydrogen) atoms. The van der Waals surface area contributed by atoms with Gasteiger partial charge in [-0.2, -0.15) is 5.26 Å². The molecule has 0 atom stereocenters. The lowest BCUT2D eigenvalue weighted by molar-refractivity contribution is 0.100. The monoisotopic (exact) mass is 287 g/mol. The van der Waals surface area contributed by atoms with Crippen LogP contribution in [0.3, 0.4) is 0 Å². The van der Waals surface area contributed by atoms with Crippen molar-refractivity contribution < 1.29 is 4.79 Å². The largest absolute Gasteiger partial charge is 0.366 e. The van der Waals surface area contributed by atoms with E-state index in [-0.39, 0.29) is 0 Å². The van der Waals surface area contributed by atoms with Crippen molar-refractivity contribution in [1.29, 1.82) is 5.26 Å². The van der Waals surface area contributed by atoms with Gasteiger partial charge in [-0.15, -0.1) is 0 Å². The molecule has 0 spiro atoms. The number of rotatable bonds is 3. The molecular formula is C18H13N3O. The van der Waals surface area contributed by atoms with Crippen LogP contribution >= 0.6 is 0 Å². The molecular weight excluding hydrogens is 274 g/mol. The highest BCUT2D eigenvalue weighted by Crippen LogP contribution is 2.26. The first-order chi connectivity index (χ1) is 10.7. The van der Waals surface area contributed by atoms with Gasteiger partial charge in [0, 0.05) is 29.2 Å². The Morgan fingerprint density at radius 3 is 2.27 bits per heavy atom. The Bertz CT molecular complexity index is 856. The Hall–Kier alpha value is -3.32. The van der Waals surface area contributed by atoms with Gasteiger partial charge >= 0.3 is 0 Å². The summed E-state index contributed by atoms with van der Waals surface area (Å²) in [4.78, 5) is 11.1. The molecule has 0 saturated carbocycles. The minimum Gasteiger partial charge on any atom is -0.366 e. The molecule has 0 fully saturated rings. The molecule has 1 heterocycles. The fourth-order valence-corrected chi connectivity index (χ4v) is 2.34. The van der Waals surface area contributed by atoms with Crippen molar-refractivity contribution in [2.24, 2.45) is 5.73 Å². The summed E-state index contributed by atoms with van der Waals surface area (Å²) in [5.41, 5.74) is 9.03. The highest BCUT2D eigenvalue weighted by atomic mass is 16.1. The van der Waals surface area contributed by atoms with E-state index in [4.69, 9.17) is 5.73 Å². The number of amides is 1. The number of hydrogen-bond acceptors (Lipinski definition) is 2. The molecule has 4 nitrogen and oxygen atoms in total. The second-order valence-electron chi connectivity index (χ2n) is 4.88. The lowest BCUT2D eigenvalue weighted by Crippen LogP contribution is -2.10. The summed E-state index contributed by atoms with van der Waals surface area (Å²) in [6, 6.07) is 18.9. The fourth-order valence-electron chi connectivity index (χ4n) is 2.34. The van der Waals surface area contributed by atoms with Gasteiger partial charge in [0.1, 0.15) is 6.07 Å². The number of carbonyl (C=O) groups is 1. The third-order valence-electron chi connectivity index (χ3n) is 3.48. The second kappa shape index (κ2) is 5.58. The van der Waals surface area contributed by atoms with E-state index in [1.54, 1.807) is 30.5 Å². The summed E-state index contributed by atoms with van der Waals surface area (Å²) >= 11 is 0. The molecule has 0 saturated heterocycles. The quantitative estimate of drug-likeness (QED) is 0.804. The molecule has 0 unspecified atom stereocenters. The van der Waals surface area contributed by atoms with E-state index in [1.165, 1.54) is 0 Å². The first kappa shape index (κ1) is 13.7. The van der Waals surface area contributed by atoms with Gasteiger partial charge in [-0.25, -0.2) is 0 Å². The van der Waals surface area contributed by atoms with Crippen LogP contribution in [0.1, 0.15) is 15.9 Å². The Labute approximate surface area is 128 Å². The lowest BCUT2D eigenvalue weighted by atomic mass is 10.1. The summed E-state index contributed by atoms with van der Waals surface area (Å²) < 4.78 is 1.87. The average molecular weight is 287 g/mol. The normalized spacial score (nSPS) is 10.1. The van der Waals surface area contributed by atoms with Crippen LogP contribution in [0.2, 0.25) is 0 Å². The van der Waals surface area contributed by atoms with E-state index < -0.39 is 5.91 Å². The van der Waals surface area contributed by atoms with Crippen LogP contribution in [0.15, 0.2) is 67.0 Å². The Kier molecular flexibility index (Phi) is 3.47. The van der Waals surface area contributed by atoms with Crippen molar-refractivity contribution in [2.75, 3.05) is 0 Å². The number of carbonyl (C=O) groups excluding carboxylic acids is 1. The van der Waals surface area contributed by atoms with Crippen LogP contribution in [0.4, 0.5) is 0 Å². The zero-order valence-electron chi connectivity index (χ0n) is 11.7. The first-order valence-electron chi connectivity index (χ1n) is 6.77. The smallest absolute Gasteiger partial charge is 0.248 e. The van der Waals surface area contributed by atoms with Gasteiger partial charge in [-0.3, -0.25) is 4.79 Å². The van der Waals surface area contributed by atoms with Gasteiger partial charge in [-0.1, -0.05) is 30.3 Å². The molecule has 2 N–H and O–H groups in total. The van der Waals surface area contributed by atoms with Crippen molar-refractivity contribution in [1.82, 2.24) is 4.57 Å². The van der Waals surface area contributed by atoms with Crippen molar-refractivity contribution >= 4 is 5.91 Å². The number of nitrogens with two attached hydrogens (primary N) is 1. The predicted molar refractivity (Wildman–Crippen MR) is 84.4 cm³/mol. The lowest BCUT2D eigenvalue weighted by Gasteiger charge is -2.03. The number of primary amides is 1. The van der Waals surface area contributed by atoms with Gasteiger partial charge in [0.2, 0.25) is 5.91 Å². The van der Waals surface area contributed by atoms with Crippen molar-refractivity contribution in [3.8, 4) is 22.9 Å². The van der Waals surface area contributed by atoms with Crippen molar-refractivity contribution in [3.05, 3.63) is 78.1 Å². The van der Waals surface area contributed by atoms with E-state index in [0.29, 0.717) is 11.1 Å². The Balaban J connectivity index is 2.04. The molecule has 0 aliphatic rings. The van der Waals surface area contributed by atoms with Gasteiger partial charge in [-0.05, 0) is 29.8 Å². The maximum Gasteiger partial charge on any atom is 0.248 e. The minimum absolute atomic E-state index is 0.457. The first-order valence-corrected chi connectivity index (χ1v) is 6.77. The molecule has 3 rings (SSSR count). The number of nitriles is 1. The summed E-state index contributed by atoms with van der Waals surface area (Å²) in [5, 5.41) is 9.33. The SMILES string of the molecule is N#Cc1cn(-c2ccc(C(N)=O)cc2)cc1-c1ccccc1. The van der Waals surface area contributed by atoms with Crippen LogP contribution in [0, 0.1) is 11.3 Å². The molecule has 0 bridgehead atoms. The van der Waals surface area contributed by atoms with Crippen molar-refractivity contribution in [3.63, 3.8) is 0 Å². The standard InChI is InChI=1S/C18H13N3O/c19-10-15-11-21(12-17(15)13-4-2-1-3-5-13)16-8-6-14(7-9-16)18(20)22/h1-9,11-12H,(H2,20,22). The van der Waals surface area contributed by atoms with Crippen LogP contribution in [0.5, 0.6) is 0 Å². The predicted octanol–water partition coefficient (Wildman–Crippen LogP) is 3.11. The van der Waals surface area contributed by atoms with Crippen LogP contribution < -0.4 is 5.73 Å². The fraction of sp³-hybridized carbons (Fsp3) is 0. The molecule has 0 aliphatic carbocycles. The maximum atomic E-state index is 11.1. The van der Waals surface area contributed by atoms with E-state index in [0.717, 1.165) is 16.8 Å². The van der Waals surface area contributed by atoms with E-state index in [9.17, 15) is 10.1 Å². The summed E-state index contributed by atoms with van der Waals surface area (Å²) in [7, 11) is 0. The molecule has 1 aromatic heterocycles. The number of hydrogen-bond donors (Lipinski definition) is 1. The van der Waals surface area contributed by atoms with Crippen LogP contribution in [0.25, 0.3) is 16.8 Å². The molecule has 1 amide bonds. The van der Waals surface area contributed by atoms with E-state index in [2.05, 4.69) is 6.07 Å². The maximum absolute atomic E-state index is 11.1. The number of nitrogens with zero attached hydrogens (tertiary/aromatic N) is 2. The van der Waals surface area contributed by atoms with Crippen LogP contribution in [-0.2, 0) is 0 Å². The van der Waals surface area contributed by atoms with Gasteiger partial charge < -0.3 is 10.3 Å². The zero-order chi connectivity index (χ0) is 15.5. The Morgan fingerprint density at radius 1 is 1.00 bits per heavy atom. The van der Waals surface area contributed by atoms with Crippen LogP contribution in [-0.4, -0.2) is 10.5 Å². The molecule has 2 aromatic carbocycles. The van der Waals surface area contributed by atoms with E-state index in [1.807, 2.05) is 41.1 Å². The molecule has 106 valence electrons. The summed E-state index contributed by atoms with van der Waals surface area (Å²) in [6.45, 7) is 0. The number of aromatic nitrogens is 1. The van der Waals surface area contributed by atoms with Gasteiger partial charge in [0.15, 0.2) is 0 Å². The molecule has 3 aromatic rings. The average Bonchev–Trinajstić information content (AvgIpc) is 3.00. The minimum atomic E-state index is -0.457. The third kappa shape index (κ3) is 2.48. The topological polar surface area (TPSA) is 71.8 Å². The van der Waals surface area contributed by atoms with Gasteiger partial charge in [0.25, 0.3) is 0 Å². The molecule has 0 radical (unpaired) electrons. The third-order valence-corrected chi connectivity index (χ3v) is 3.48. The summed E-state index contributed by atoms with van der Waals surface area (Å²) in [5.74, 6) is -0.457. The highest BCUT2D eigenvalue weighted by Gasteiger charge is 2.10. The highest BCUT2D eigenvalue weighted by molar-refractivity contribution is 5.92. The molecule has 4 heteroatoms. The zero-order valence-corrected chi connectivity index (χ0v) is 11.7.